The van der Waals surface area contributed by atoms with Crippen LogP contribution in [0.5, 0.6) is 0 Å². The van der Waals surface area contributed by atoms with Gasteiger partial charge in [0.25, 0.3) is 0 Å². The molecule has 14 heavy (non-hydrogen) atoms. The Bertz CT molecular complexity index is 137. The summed E-state index contributed by atoms with van der Waals surface area (Å²) in [6.07, 6.45) is 1.04. The van der Waals surface area contributed by atoms with Gasteiger partial charge in [-0.25, -0.2) is 0 Å². The second-order valence-electron chi connectivity index (χ2n) is 4.05. The second-order valence-corrected chi connectivity index (χ2v) is 4.05. The Balaban J connectivity index is 3.44. The molecule has 0 aliphatic heterocycles. The van der Waals surface area contributed by atoms with Crippen LogP contribution in [0.1, 0.15) is 26.7 Å². The van der Waals surface area contributed by atoms with Gasteiger partial charge in [0.1, 0.15) is 0 Å². The standard InChI is InChI=1S/C10H23NO3/c1-9(12)4-6-11-8-10(2,13)5-7-14-3/h9,11-13H,4-8H2,1-3H3. The summed E-state index contributed by atoms with van der Waals surface area (Å²) in [5, 5.41) is 21.9. The van der Waals surface area contributed by atoms with Crippen LogP contribution in [-0.4, -0.2) is 48.7 Å². The van der Waals surface area contributed by atoms with Gasteiger partial charge in [-0.05, 0) is 26.8 Å². The van der Waals surface area contributed by atoms with E-state index >= 15 is 0 Å². The highest BCUT2D eigenvalue weighted by Gasteiger charge is 2.18. The van der Waals surface area contributed by atoms with Crippen LogP contribution < -0.4 is 5.32 Å². The Labute approximate surface area is 86.3 Å². The normalized spacial score (nSPS) is 17.8. The summed E-state index contributed by atoms with van der Waals surface area (Å²) < 4.78 is 4.89. The summed E-state index contributed by atoms with van der Waals surface area (Å²) in [5.41, 5.74) is -0.727. The fraction of sp³-hybridized carbons (Fsp3) is 1.00. The molecule has 2 unspecified atom stereocenters. The SMILES string of the molecule is COCCC(C)(O)CNCCC(C)O. The number of methoxy groups -OCH3 is 1. The minimum Gasteiger partial charge on any atom is -0.393 e. The van der Waals surface area contributed by atoms with Crippen LogP contribution in [0.15, 0.2) is 0 Å². The lowest BCUT2D eigenvalue weighted by Gasteiger charge is -2.23. The first kappa shape index (κ1) is 13.8. The Morgan fingerprint density at radius 2 is 2.14 bits per heavy atom. The average Bonchev–Trinajstić information content (AvgIpc) is 2.09. The minimum absolute atomic E-state index is 0.286. The van der Waals surface area contributed by atoms with E-state index in [0.717, 1.165) is 6.54 Å². The number of ether oxygens (including phenoxy) is 1. The first-order chi connectivity index (χ1) is 6.48. The van der Waals surface area contributed by atoms with Crippen molar-refractivity contribution in [2.75, 3.05) is 26.8 Å². The number of aliphatic hydroxyl groups is 2. The van der Waals surface area contributed by atoms with Crippen molar-refractivity contribution in [3.8, 4) is 0 Å². The van der Waals surface area contributed by atoms with Gasteiger partial charge in [-0.1, -0.05) is 0 Å². The lowest BCUT2D eigenvalue weighted by molar-refractivity contribution is 0.0244. The molecule has 0 aromatic carbocycles. The molecule has 2 atom stereocenters. The van der Waals surface area contributed by atoms with Crippen LogP contribution in [0, 0.1) is 0 Å². The molecule has 0 aromatic rings. The third-order valence-electron chi connectivity index (χ3n) is 2.09. The van der Waals surface area contributed by atoms with E-state index in [-0.39, 0.29) is 6.10 Å². The van der Waals surface area contributed by atoms with Crippen LogP contribution >= 0.6 is 0 Å². The van der Waals surface area contributed by atoms with Gasteiger partial charge in [0.2, 0.25) is 0 Å². The van der Waals surface area contributed by atoms with E-state index in [2.05, 4.69) is 5.32 Å². The highest BCUT2D eigenvalue weighted by atomic mass is 16.5. The fourth-order valence-electron chi connectivity index (χ4n) is 1.08. The molecule has 0 radical (unpaired) electrons. The number of aliphatic hydroxyl groups excluding tert-OH is 1. The minimum atomic E-state index is -0.727. The highest BCUT2D eigenvalue weighted by Crippen LogP contribution is 2.07. The van der Waals surface area contributed by atoms with E-state index in [0.29, 0.717) is 26.0 Å². The summed E-state index contributed by atoms with van der Waals surface area (Å²) in [7, 11) is 1.62. The lowest BCUT2D eigenvalue weighted by atomic mass is 10.0. The van der Waals surface area contributed by atoms with Gasteiger partial charge >= 0.3 is 0 Å². The zero-order chi connectivity index (χ0) is 11.0. The quantitative estimate of drug-likeness (QED) is 0.493. The van der Waals surface area contributed by atoms with Crippen molar-refractivity contribution >= 4 is 0 Å². The van der Waals surface area contributed by atoms with Crippen molar-refractivity contribution in [3.63, 3.8) is 0 Å². The van der Waals surface area contributed by atoms with E-state index < -0.39 is 5.60 Å². The van der Waals surface area contributed by atoms with Gasteiger partial charge in [-0.15, -0.1) is 0 Å². The maximum Gasteiger partial charge on any atom is 0.0765 e. The Morgan fingerprint density at radius 1 is 1.50 bits per heavy atom. The number of nitrogens with one attached hydrogen (secondary N) is 1. The molecule has 0 bridgehead atoms. The van der Waals surface area contributed by atoms with Crippen molar-refractivity contribution in [2.24, 2.45) is 0 Å². The van der Waals surface area contributed by atoms with Gasteiger partial charge in [0.15, 0.2) is 0 Å². The summed E-state index contributed by atoms with van der Waals surface area (Å²) in [6, 6.07) is 0. The third kappa shape index (κ3) is 8.44. The molecule has 0 aliphatic rings. The zero-order valence-corrected chi connectivity index (χ0v) is 9.42. The van der Waals surface area contributed by atoms with Gasteiger partial charge in [0.05, 0.1) is 11.7 Å². The van der Waals surface area contributed by atoms with Crippen molar-refractivity contribution in [3.05, 3.63) is 0 Å². The molecule has 0 aromatic heterocycles. The summed E-state index contributed by atoms with van der Waals surface area (Å²) in [5.74, 6) is 0. The molecule has 0 heterocycles. The van der Waals surface area contributed by atoms with E-state index in [1.165, 1.54) is 0 Å². The van der Waals surface area contributed by atoms with E-state index in [9.17, 15) is 5.11 Å². The molecular formula is C10H23NO3. The van der Waals surface area contributed by atoms with Crippen molar-refractivity contribution < 1.29 is 14.9 Å². The van der Waals surface area contributed by atoms with Crippen LogP contribution in [0.4, 0.5) is 0 Å². The smallest absolute Gasteiger partial charge is 0.0765 e. The Kier molecular flexibility index (Phi) is 7.09. The molecular weight excluding hydrogens is 182 g/mol. The molecule has 0 saturated heterocycles. The largest absolute Gasteiger partial charge is 0.393 e. The molecule has 0 spiro atoms. The fourth-order valence-corrected chi connectivity index (χ4v) is 1.08. The molecule has 4 heteroatoms. The number of rotatable bonds is 8. The Morgan fingerprint density at radius 3 is 2.64 bits per heavy atom. The molecule has 0 rings (SSSR count). The van der Waals surface area contributed by atoms with E-state index in [4.69, 9.17) is 9.84 Å². The van der Waals surface area contributed by atoms with Gasteiger partial charge < -0.3 is 20.3 Å². The van der Waals surface area contributed by atoms with Crippen molar-refractivity contribution in [1.29, 1.82) is 0 Å². The molecule has 0 aliphatic carbocycles. The first-order valence-corrected chi connectivity index (χ1v) is 5.08. The molecule has 86 valence electrons. The molecule has 0 saturated carbocycles. The maximum absolute atomic E-state index is 9.81. The van der Waals surface area contributed by atoms with Crippen molar-refractivity contribution in [1.82, 2.24) is 5.32 Å². The predicted octanol–water partition coefficient (Wildman–Crippen LogP) is 0.134. The number of hydrogen-bond donors (Lipinski definition) is 3. The Hall–Kier alpha value is -0.160. The first-order valence-electron chi connectivity index (χ1n) is 5.08. The summed E-state index contributed by atoms with van der Waals surface area (Å²) in [4.78, 5) is 0. The molecule has 0 amide bonds. The van der Waals surface area contributed by atoms with Crippen LogP contribution in [-0.2, 0) is 4.74 Å². The number of hydrogen-bond acceptors (Lipinski definition) is 4. The second kappa shape index (κ2) is 7.17. The highest BCUT2D eigenvalue weighted by molar-refractivity contribution is 4.75. The zero-order valence-electron chi connectivity index (χ0n) is 9.42. The molecule has 3 N–H and O–H groups in total. The molecule has 4 nitrogen and oxygen atoms in total. The predicted molar refractivity (Wildman–Crippen MR) is 56.3 cm³/mol. The summed E-state index contributed by atoms with van der Waals surface area (Å²) in [6.45, 7) is 5.35. The maximum atomic E-state index is 9.81. The van der Waals surface area contributed by atoms with Crippen LogP contribution in [0.2, 0.25) is 0 Å². The lowest BCUT2D eigenvalue weighted by Crippen LogP contribution is -2.39. The van der Waals surface area contributed by atoms with Gasteiger partial charge in [0, 0.05) is 26.7 Å². The third-order valence-corrected chi connectivity index (χ3v) is 2.09. The monoisotopic (exact) mass is 205 g/mol. The van der Waals surface area contributed by atoms with E-state index in [1.807, 2.05) is 0 Å². The average molecular weight is 205 g/mol. The van der Waals surface area contributed by atoms with Crippen LogP contribution in [0.3, 0.4) is 0 Å². The van der Waals surface area contributed by atoms with Crippen LogP contribution in [0.25, 0.3) is 0 Å². The van der Waals surface area contributed by atoms with Crippen molar-refractivity contribution in [2.45, 2.75) is 38.4 Å². The summed E-state index contributed by atoms with van der Waals surface area (Å²) >= 11 is 0. The van der Waals surface area contributed by atoms with Gasteiger partial charge in [-0.2, -0.15) is 0 Å². The molecule has 0 fully saturated rings. The van der Waals surface area contributed by atoms with Gasteiger partial charge in [-0.3, -0.25) is 0 Å². The topological polar surface area (TPSA) is 61.7 Å². The van der Waals surface area contributed by atoms with E-state index in [1.54, 1.807) is 21.0 Å².